The number of fused-ring (bicyclic) bond motifs is 3. The molecule has 1 aliphatic heterocycles. The standard InChI is InChI=1S/C24H27N3O7S/c1-35(32,33)26-15-12-27(13-15)23(30)21(10-11-22(28)29)25-24(31)34-14-20-18-8-4-2-6-16(18)17-7-3-5-9-19(17)20/h2-9,15,20-21,26H,10-14H2,1H3,(H,25,31)(H,28,29). The molecule has 1 heterocycles. The van der Waals surface area contributed by atoms with Crippen LogP contribution in [-0.4, -0.2) is 74.4 Å². The topological polar surface area (TPSA) is 142 Å². The minimum Gasteiger partial charge on any atom is -0.481 e. The highest BCUT2D eigenvalue weighted by Crippen LogP contribution is 2.44. The highest BCUT2D eigenvalue weighted by atomic mass is 32.2. The van der Waals surface area contributed by atoms with E-state index in [2.05, 4.69) is 10.0 Å². The van der Waals surface area contributed by atoms with Crippen molar-refractivity contribution in [2.45, 2.75) is 30.8 Å². The van der Waals surface area contributed by atoms with Crippen molar-refractivity contribution in [3.05, 3.63) is 59.7 Å². The second kappa shape index (κ2) is 10.0. The number of nitrogens with one attached hydrogen (secondary N) is 2. The van der Waals surface area contributed by atoms with E-state index in [0.717, 1.165) is 28.5 Å². The Morgan fingerprint density at radius 1 is 1.06 bits per heavy atom. The second-order valence-electron chi connectivity index (χ2n) is 8.79. The molecule has 1 atom stereocenters. The van der Waals surface area contributed by atoms with E-state index in [9.17, 15) is 22.8 Å². The number of amides is 2. The number of carboxylic acid groups (broad SMARTS) is 1. The number of likely N-dealkylation sites (tertiary alicyclic amines) is 1. The first kappa shape index (κ1) is 24.7. The maximum atomic E-state index is 12.9. The number of sulfonamides is 1. The van der Waals surface area contributed by atoms with E-state index in [-0.39, 0.29) is 38.5 Å². The van der Waals surface area contributed by atoms with Crippen LogP contribution in [0.2, 0.25) is 0 Å². The molecule has 3 N–H and O–H groups in total. The van der Waals surface area contributed by atoms with Crippen molar-refractivity contribution >= 4 is 28.0 Å². The zero-order valence-corrected chi connectivity index (χ0v) is 20.0. The lowest BCUT2D eigenvalue weighted by Crippen LogP contribution is -2.64. The van der Waals surface area contributed by atoms with Gasteiger partial charge in [-0.25, -0.2) is 17.9 Å². The van der Waals surface area contributed by atoms with Gasteiger partial charge in [0.05, 0.1) is 12.3 Å². The van der Waals surface area contributed by atoms with Gasteiger partial charge in [0.2, 0.25) is 15.9 Å². The van der Waals surface area contributed by atoms with Crippen LogP contribution in [0.25, 0.3) is 11.1 Å². The van der Waals surface area contributed by atoms with Crippen molar-refractivity contribution in [1.82, 2.24) is 14.9 Å². The number of hydrogen-bond donors (Lipinski definition) is 3. The molecule has 2 aliphatic rings. The number of benzene rings is 2. The number of alkyl carbamates (subject to hydrolysis) is 1. The molecule has 186 valence electrons. The van der Waals surface area contributed by atoms with Gasteiger partial charge in [-0.15, -0.1) is 0 Å². The Bertz CT molecular complexity index is 1200. The normalized spacial score (nSPS) is 16.1. The summed E-state index contributed by atoms with van der Waals surface area (Å²) in [6.07, 6.45) is -0.217. The molecule has 10 nitrogen and oxygen atoms in total. The monoisotopic (exact) mass is 501 g/mol. The largest absolute Gasteiger partial charge is 0.481 e. The number of aliphatic carboxylic acids is 1. The van der Waals surface area contributed by atoms with Crippen molar-refractivity contribution in [3.63, 3.8) is 0 Å². The lowest BCUT2D eigenvalue weighted by molar-refractivity contribution is -0.139. The first-order valence-electron chi connectivity index (χ1n) is 11.2. The Morgan fingerprint density at radius 2 is 1.63 bits per heavy atom. The molecular weight excluding hydrogens is 474 g/mol. The average Bonchev–Trinajstić information content (AvgIpc) is 3.10. The Balaban J connectivity index is 1.38. The molecule has 0 radical (unpaired) electrons. The predicted molar refractivity (Wildman–Crippen MR) is 127 cm³/mol. The molecule has 2 aromatic rings. The van der Waals surface area contributed by atoms with Gasteiger partial charge in [-0.1, -0.05) is 48.5 Å². The number of hydrogen-bond acceptors (Lipinski definition) is 6. The summed E-state index contributed by atoms with van der Waals surface area (Å²) in [6.45, 7) is 0.341. The van der Waals surface area contributed by atoms with E-state index >= 15 is 0 Å². The van der Waals surface area contributed by atoms with E-state index < -0.39 is 40.1 Å². The average molecular weight is 502 g/mol. The maximum Gasteiger partial charge on any atom is 0.407 e. The molecular formula is C24H27N3O7S. The second-order valence-corrected chi connectivity index (χ2v) is 10.6. The van der Waals surface area contributed by atoms with Crippen LogP contribution >= 0.6 is 0 Å². The number of carbonyl (C=O) groups excluding carboxylic acids is 2. The fourth-order valence-electron chi connectivity index (χ4n) is 4.56. The quantitative estimate of drug-likeness (QED) is 0.473. The number of rotatable bonds is 9. The predicted octanol–water partition coefficient (Wildman–Crippen LogP) is 1.52. The molecule has 0 saturated carbocycles. The molecule has 35 heavy (non-hydrogen) atoms. The molecule has 11 heteroatoms. The van der Waals surface area contributed by atoms with E-state index in [1.54, 1.807) is 0 Å². The molecule has 2 aromatic carbocycles. The highest BCUT2D eigenvalue weighted by Gasteiger charge is 2.37. The Kier molecular flexibility index (Phi) is 7.08. The van der Waals surface area contributed by atoms with Gasteiger partial charge in [0.15, 0.2) is 0 Å². The third-order valence-corrected chi connectivity index (χ3v) is 6.92. The van der Waals surface area contributed by atoms with Crippen LogP contribution < -0.4 is 10.0 Å². The van der Waals surface area contributed by atoms with Crippen molar-refractivity contribution in [1.29, 1.82) is 0 Å². The summed E-state index contributed by atoms with van der Waals surface area (Å²) in [5.41, 5.74) is 4.26. The molecule has 2 amide bonds. The first-order chi connectivity index (χ1) is 16.6. The van der Waals surface area contributed by atoms with E-state index in [1.165, 1.54) is 4.90 Å². The van der Waals surface area contributed by atoms with Crippen LogP contribution in [-0.2, 0) is 24.3 Å². The van der Waals surface area contributed by atoms with Gasteiger partial charge in [0.25, 0.3) is 0 Å². The van der Waals surface area contributed by atoms with Crippen LogP contribution in [0.4, 0.5) is 4.79 Å². The number of nitrogens with zero attached hydrogens (tertiary/aromatic N) is 1. The third-order valence-electron chi connectivity index (χ3n) is 6.15. The van der Waals surface area contributed by atoms with Crippen molar-refractivity contribution in [2.24, 2.45) is 0 Å². The minimum absolute atomic E-state index is 0.0593. The van der Waals surface area contributed by atoms with E-state index in [0.29, 0.717) is 0 Å². The first-order valence-corrected chi connectivity index (χ1v) is 13.1. The van der Waals surface area contributed by atoms with Gasteiger partial charge in [0.1, 0.15) is 12.6 Å². The van der Waals surface area contributed by atoms with Crippen LogP contribution in [0.1, 0.15) is 29.9 Å². The fourth-order valence-corrected chi connectivity index (χ4v) is 5.32. The zero-order valence-electron chi connectivity index (χ0n) is 19.1. The van der Waals surface area contributed by atoms with Gasteiger partial charge < -0.3 is 20.1 Å². The Labute approximate surface area is 203 Å². The Morgan fingerprint density at radius 3 is 2.17 bits per heavy atom. The number of ether oxygens (including phenoxy) is 1. The summed E-state index contributed by atoms with van der Waals surface area (Å²) >= 11 is 0. The molecule has 1 aliphatic carbocycles. The molecule has 1 fully saturated rings. The summed E-state index contributed by atoms with van der Waals surface area (Å²) in [5.74, 6) is -1.73. The molecule has 4 rings (SSSR count). The molecule has 1 saturated heterocycles. The highest BCUT2D eigenvalue weighted by molar-refractivity contribution is 7.88. The van der Waals surface area contributed by atoms with Crippen molar-refractivity contribution < 1.29 is 32.6 Å². The third kappa shape index (κ3) is 5.80. The molecule has 0 spiro atoms. The van der Waals surface area contributed by atoms with Gasteiger partial charge in [-0.3, -0.25) is 9.59 Å². The summed E-state index contributed by atoms with van der Waals surface area (Å²) in [4.78, 5) is 37.9. The summed E-state index contributed by atoms with van der Waals surface area (Å²) < 4.78 is 30.6. The summed E-state index contributed by atoms with van der Waals surface area (Å²) in [5, 5.41) is 11.5. The lowest BCUT2D eigenvalue weighted by Gasteiger charge is -2.40. The number of carbonyl (C=O) groups is 3. The van der Waals surface area contributed by atoms with Crippen LogP contribution in [0.3, 0.4) is 0 Å². The summed E-state index contributed by atoms with van der Waals surface area (Å²) in [6, 6.07) is 14.3. The SMILES string of the molecule is CS(=O)(=O)NC1CN(C(=O)C(CCC(=O)O)NC(=O)OCC2c3ccccc3-c3ccccc32)C1. The van der Waals surface area contributed by atoms with Gasteiger partial charge in [0, 0.05) is 25.4 Å². The minimum atomic E-state index is -3.41. The summed E-state index contributed by atoms with van der Waals surface area (Å²) in [7, 11) is -3.41. The Hall–Kier alpha value is -3.44. The van der Waals surface area contributed by atoms with Crippen molar-refractivity contribution in [3.8, 4) is 11.1 Å². The van der Waals surface area contributed by atoms with E-state index in [1.807, 2.05) is 48.5 Å². The lowest BCUT2D eigenvalue weighted by atomic mass is 9.98. The van der Waals surface area contributed by atoms with Crippen LogP contribution in [0, 0.1) is 0 Å². The van der Waals surface area contributed by atoms with Gasteiger partial charge in [-0.05, 0) is 28.7 Å². The van der Waals surface area contributed by atoms with Gasteiger partial charge in [-0.2, -0.15) is 0 Å². The molecule has 1 unspecified atom stereocenters. The van der Waals surface area contributed by atoms with Crippen molar-refractivity contribution in [2.75, 3.05) is 26.0 Å². The van der Waals surface area contributed by atoms with Crippen LogP contribution in [0.15, 0.2) is 48.5 Å². The molecule has 0 bridgehead atoms. The van der Waals surface area contributed by atoms with E-state index in [4.69, 9.17) is 9.84 Å². The fraction of sp³-hybridized carbons (Fsp3) is 0.375. The maximum absolute atomic E-state index is 12.9. The number of carboxylic acids is 1. The van der Waals surface area contributed by atoms with Crippen LogP contribution in [0.5, 0.6) is 0 Å². The molecule has 0 aromatic heterocycles. The zero-order chi connectivity index (χ0) is 25.2. The smallest absolute Gasteiger partial charge is 0.407 e. The van der Waals surface area contributed by atoms with Gasteiger partial charge >= 0.3 is 12.1 Å².